The summed E-state index contributed by atoms with van der Waals surface area (Å²) in [5.74, 6) is -0.433. The van der Waals surface area contributed by atoms with E-state index in [1.807, 2.05) is 6.92 Å². The predicted molar refractivity (Wildman–Crippen MR) is 81.0 cm³/mol. The van der Waals surface area contributed by atoms with E-state index in [9.17, 15) is 13.4 Å². The molecule has 4 nitrogen and oxygen atoms in total. The molecule has 0 aliphatic rings. The maximum Gasteiger partial charge on any atom is 0.253 e. The minimum absolute atomic E-state index is 0.219. The van der Waals surface area contributed by atoms with Gasteiger partial charge in [0.1, 0.15) is 5.82 Å². The molecule has 0 bridgehead atoms. The van der Waals surface area contributed by atoms with Gasteiger partial charge in [-0.15, -0.1) is 0 Å². The van der Waals surface area contributed by atoms with Crippen LogP contribution in [0.1, 0.15) is 30.6 Å². The van der Waals surface area contributed by atoms with Crippen molar-refractivity contribution in [3.8, 4) is 0 Å². The summed E-state index contributed by atoms with van der Waals surface area (Å²) in [7, 11) is -0.987. The molecule has 20 heavy (non-hydrogen) atoms. The Balaban J connectivity index is 2.86. The maximum absolute atomic E-state index is 13.8. The molecule has 0 radical (unpaired) electrons. The first-order chi connectivity index (χ1) is 9.45. The Labute approximate surface area is 121 Å². The van der Waals surface area contributed by atoms with Crippen LogP contribution in [0.2, 0.25) is 0 Å². The Morgan fingerprint density at radius 2 is 2.15 bits per heavy atom. The third kappa shape index (κ3) is 4.92. The van der Waals surface area contributed by atoms with E-state index in [4.69, 9.17) is 0 Å². The number of carbonyl (C=O) groups excluding carboxylic acids is 1. The molecule has 112 valence electrons. The number of para-hydroxylation sites is 1. The lowest BCUT2D eigenvalue weighted by atomic mass is 10.1. The molecule has 2 unspecified atom stereocenters. The molecule has 0 aliphatic carbocycles. The van der Waals surface area contributed by atoms with Crippen molar-refractivity contribution in [2.75, 3.05) is 23.9 Å². The van der Waals surface area contributed by atoms with Gasteiger partial charge in [0.25, 0.3) is 5.91 Å². The molecule has 0 aromatic heterocycles. The molecule has 0 spiro atoms. The van der Waals surface area contributed by atoms with Gasteiger partial charge in [0.15, 0.2) is 0 Å². The highest BCUT2D eigenvalue weighted by atomic mass is 32.2. The van der Waals surface area contributed by atoms with Gasteiger partial charge in [-0.25, -0.2) is 4.39 Å². The molecule has 1 rings (SSSR count). The van der Waals surface area contributed by atoms with Crippen LogP contribution in [0, 0.1) is 5.82 Å². The van der Waals surface area contributed by atoms with E-state index in [0.717, 1.165) is 6.42 Å². The van der Waals surface area contributed by atoms with Gasteiger partial charge < -0.3 is 10.6 Å². The molecule has 0 heterocycles. The van der Waals surface area contributed by atoms with Crippen molar-refractivity contribution in [1.82, 2.24) is 5.32 Å². The zero-order chi connectivity index (χ0) is 15.1. The Morgan fingerprint density at radius 1 is 1.45 bits per heavy atom. The second-order valence-corrected chi connectivity index (χ2v) is 6.18. The molecule has 1 aromatic carbocycles. The fourth-order valence-electron chi connectivity index (χ4n) is 1.84. The lowest BCUT2D eigenvalue weighted by molar-refractivity contribution is 0.0944. The molecule has 0 saturated carbocycles. The molecule has 6 heteroatoms. The van der Waals surface area contributed by atoms with Gasteiger partial charge >= 0.3 is 0 Å². The van der Waals surface area contributed by atoms with E-state index in [2.05, 4.69) is 10.6 Å². The fourth-order valence-corrected chi connectivity index (χ4v) is 2.63. The summed E-state index contributed by atoms with van der Waals surface area (Å²) in [5, 5.41) is 5.66. The Kier molecular flexibility index (Phi) is 6.64. The highest BCUT2D eigenvalue weighted by molar-refractivity contribution is 7.84. The largest absolute Gasteiger partial charge is 0.382 e. The number of rotatable bonds is 7. The van der Waals surface area contributed by atoms with Crippen molar-refractivity contribution < 1.29 is 13.4 Å². The van der Waals surface area contributed by atoms with Crippen molar-refractivity contribution in [2.24, 2.45) is 0 Å². The molecule has 2 atom stereocenters. The normalized spacial score (nSPS) is 13.6. The van der Waals surface area contributed by atoms with Crippen LogP contribution in [0.15, 0.2) is 18.2 Å². The lowest BCUT2D eigenvalue weighted by Gasteiger charge is -2.16. The second-order valence-electron chi connectivity index (χ2n) is 4.70. The molecule has 2 N–H and O–H groups in total. The second kappa shape index (κ2) is 7.99. The monoisotopic (exact) mass is 300 g/mol. The summed E-state index contributed by atoms with van der Waals surface area (Å²) < 4.78 is 24.9. The van der Waals surface area contributed by atoms with Crippen LogP contribution in [0.5, 0.6) is 0 Å². The number of nitrogens with one attached hydrogen (secondary N) is 2. The molecule has 0 fully saturated rings. The summed E-state index contributed by atoms with van der Waals surface area (Å²) in [6.07, 6.45) is 2.42. The lowest BCUT2D eigenvalue weighted by Crippen LogP contribution is -2.36. The van der Waals surface area contributed by atoms with Crippen molar-refractivity contribution in [2.45, 2.75) is 26.3 Å². The van der Waals surface area contributed by atoms with Crippen LogP contribution >= 0.6 is 0 Å². The van der Waals surface area contributed by atoms with Crippen LogP contribution in [-0.4, -0.2) is 34.7 Å². The summed E-state index contributed by atoms with van der Waals surface area (Å²) in [6, 6.07) is 4.17. The van der Waals surface area contributed by atoms with Gasteiger partial charge in [-0.2, -0.15) is 0 Å². The topological polar surface area (TPSA) is 58.2 Å². The summed E-state index contributed by atoms with van der Waals surface area (Å²) >= 11 is 0. The van der Waals surface area contributed by atoms with Gasteiger partial charge in [0.2, 0.25) is 0 Å². The fraction of sp³-hybridized carbons (Fsp3) is 0.500. The minimum Gasteiger partial charge on any atom is -0.382 e. The van der Waals surface area contributed by atoms with Gasteiger partial charge in [0, 0.05) is 35.4 Å². The molecular weight excluding hydrogens is 279 g/mol. The Hall–Kier alpha value is -1.43. The maximum atomic E-state index is 13.8. The number of anilines is 1. The van der Waals surface area contributed by atoms with Crippen LogP contribution in [-0.2, 0) is 10.8 Å². The predicted octanol–water partition coefficient (Wildman–Crippen LogP) is 2.14. The first-order valence-corrected chi connectivity index (χ1v) is 8.31. The van der Waals surface area contributed by atoms with Gasteiger partial charge in [-0.05, 0) is 25.5 Å². The number of benzene rings is 1. The van der Waals surface area contributed by atoms with Crippen molar-refractivity contribution in [3.05, 3.63) is 29.6 Å². The highest BCUT2D eigenvalue weighted by Crippen LogP contribution is 2.20. The van der Waals surface area contributed by atoms with E-state index in [-0.39, 0.29) is 23.2 Å². The van der Waals surface area contributed by atoms with Gasteiger partial charge in [-0.1, -0.05) is 13.0 Å². The molecule has 0 aliphatic heterocycles. The standard InChI is InChI=1S/C14H21FN2O2S/c1-4-8-16-13-11(6-5-7-12(13)15)14(18)17-10(2)9-20(3)19/h5-7,10,16H,4,8-9H2,1-3H3,(H,17,18). The van der Waals surface area contributed by atoms with E-state index in [1.165, 1.54) is 12.1 Å². The van der Waals surface area contributed by atoms with Crippen LogP contribution in [0.4, 0.5) is 10.1 Å². The summed E-state index contributed by atoms with van der Waals surface area (Å²) in [5.41, 5.74) is 0.490. The molecule has 1 amide bonds. The Bertz CT molecular complexity index is 494. The van der Waals surface area contributed by atoms with Crippen LogP contribution in [0.3, 0.4) is 0 Å². The number of hydrogen-bond donors (Lipinski definition) is 2. The average molecular weight is 300 g/mol. The molecular formula is C14H21FN2O2S. The van der Waals surface area contributed by atoms with E-state index in [0.29, 0.717) is 12.3 Å². The van der Waals surface area contributed by atoms with Gasteiger partial charge in [0.05, 0.1) is 11.3 Å². The number of halogens is 1. The average Bonchev–Trinajstić information content (AvgIpc) is 2.35. The van der Waals surface area contributed by atoms with E-state index >= 15 is 0 Å². The smallest absolute Gasteiger partial charge is 0.253 e. The van der Waals surface area contributed by atoms with Crippen LogP contribution < -0.4 is 10.6 Å². The minimum atomic E-state index is -0.987. The summed E-state index contributed by atoms with van der Waals surface area (Å²) in [6.45, 7) is 4.33. The third-order valence-corrected chi connectivity index (χ3v) is 3.64. The number of hydrogen-bond acceptors (Lipinski definition) is 3. The van der Waals surface area contributed by atoms with Gasteiger partial charge in [-0.3, -0.25) is 9.00 Å². The molecule has 0 saturated heterocycles. The first kappa shape index (κ1) is 16.6. The zero-order valence-corrected chi connectivity index (χ0v) is 12.8. The van der Waals surface area contributed by atoms with Crippen LogP contribution in [0.25, 0.3) is 0 Å². The number of amides is 1. The zero-order valence-electron chi connectivity index (χ0n) is 12.0. The van der Waals surface area contributed by atoms with Crippen molar-refractivity contribution >= 4 is 22.4 Å². The third-order valence-electron chi connectivity index (χ3n) is 2.67. The van der Waals surface area contributed by atoms with E-state index in [1.54, 1.807) is 19.2 Å². The number of carbonyl (C=O) groups is 1. The molecule has 1 aromatic rings. The van der Waals surface area contributed by atoms with Crippen molar-refractivity contribution in [1.29, 1.82) is 0 Å². The Morgan fingerprint density at radius 3 is 2.75 bits per heavy atom. The van der Waals surface area contributed by atoms with E-state index < -0.39 is 16.6 Å². The summed E-state index contributed by atoms with van der Waals surface area (Å²) in [4.78, 5) is 12.2. The van der Waals surface area contributed by atoms with Crippen molar-refractivity contribution in [3.63, 3.8) is 0 Å². The highest BCUT2D eigenvalue weighted by Gasteiger charge is 2.17. The SMILES string of the molecule is CCCNc1c(F)cccc1C(=O)NC(C)CS(C)=O. The quantitative estimate of drug-likeness (QED) is 0.811. The first-order valence-electron chi connectivity index (χ1n) is 6.59.